The lowest BCUT2D eigenvalue weighted by Gasteiger charge is -2.17. The smallest absolute Gasteiger partial charge is 0.0530 e. The van der Waals surface area contributed by atoms with E-state index in [0.29, 0.717) is 5.41 Å². The van der Waals surface area contributed by atoms with Gasteiger partial charge in [-0.1, -0.05) is 49.0 Å². The van der Waals surface area contributed by atoms with Crippen LogP contribution >= 0.6 is 15.9 Å². The van der Waals surface area contributed by atoms with Crippen molar-refractivity contribution in [3.63, 3.8) is 0 Å². The first-order chi connectivity index (χ1) is 7.26. The molecular weight excluding hydrogens is 252 g/mol. The molecule has 1 rings (SSSR count). The molecule has 0 aromatic heterocycles. The molecule has 2 heteroatoms. The number of alkyl halides is 1. The summed E-state index contributed by atoms with van der Waals surface area (Å²) < 4.78 is 5.87. The Balaban J connectivity index is 2.06. The molecule has 0 saturated heterocycles. The summed E-state index contributed by atoms with van der Waals surface area (Å²) in [5.41, 5.74) is 0.517. The van der Waals surface area contributed by atoms with Crippen molar-refractivity contribution in [1.82, 2.24) is 0 Å². The Morgan fingerprint density at radius 3 is 2.53 bits per heavy atom. The molecule has 1 aliphatic carbocycles. The van der Waals surface area contributed by atoms with E-state index in [4.69, 9.17) is 4.74 Å². The fraction of sp³-hybridized carbons (Fsp3) is 1.00. The van der Waals surface area contributed by atoms with E-state index in [0.717, 1.165) is 24.5 Å². The Hall–Kier alpha value is 0.440. The fourth-order valence-corrected chi connectivity index (χ4v) is 2.56. The van der Waals surface area contributed by atoms with Gasteiger partial charge in [-0.15, -0.1) is 0 Å². The molecule has 15 heavy (non-hydrogen) atoms. The van der Waals surface area contributed by atoms with E-state index in [1.54, 1.807) is 0 Å². The zero-order chi connectivity index (χ0) is 11.1. The molecule has 1 atom stereocenters. The van der Waals surface area contributed by atoms with Crippen molar-refractivity contribution in [1.29, 1.82) is 0 Å². The van der Waals surface area contributed by atoms with E-state index < -0.39 is 0 Å². The summed E-state index contributed by atoms with van der Waals surface area (Å²) in [7, 11) is 0. The number of rotatable bonds is 9. The second-order valence-corrected chi connectivity index (χ2v) is 5.63. The zero-order valence-corrected chi connectivity index (χ0v) is 11.8. The normalized spacial score (nSPS) is 20.2. The maximum Gasteiger partial charge on any atom is 0.0530 e. The van der Waals surface area contributed by atoms with E-state index in [9.17, 15) is 0 Å². The van der Waals surface area contributed by atoms with Gasteiger partial charge in [-0.3, -0.25) is 0 Å². The lowest BCUT2D eigenvalue weighted by Crippen LogP contribution is -2.16. The lowest BCUT2D eigenvalue weighted by molar-refractivity contribution is 0.0659. The summed E-state index contributed by atoms with van der Waals surface area (Å²) >= 11 is 3.58. The highest BCUT2D eigenvalue weighted by Crippen LogP contribution is 2.47. The van der Waals surface area contributed by atoms with Crippen LogP contribution in [0.25, 0.3) is 0 Å². The van der Waals surface area contributed by atoms with Gasteiger partial charge in [0.15, 0.2) is 0 Å². The van der Waals surface area contributed by atoms with Gasteiger partial charge in [-0.05, 0) is 25.2 Å². The molecule has 0 N–H and O–H groups in total. The Labute approximate surface area is 103 Å². The van der Waals surface area contributed by atoms with Crippen molar-refractivity contribution in [3.8, 4) is 0 Å². The van der Waals surface area contributed by atoms with E-state index >= 15 is 0 Å². The standard InChI is InChI=1S/C13H25BrO/c1-3-5-6-12(4-2)9-15-11-13(10-14)7-8-13/h12H,3-11H2,1-2H3. The molecule has 1 nitrogen and oxygen atoms in total. The van der Waals surface area contributed by atoms with Gasteiger partial charge in [-0.2, -0.15) is 0 Å². The summed E-state index contributed by atoms with van der Waals surface area (Å²) in [5, 5.41) is 1.12. The van der Waals surface area contributed by atoms with Crippen LogP contribution in [-0.2, 0) is 4.74 Å². The lowest BCUT2D eigenvalue weighted by atomic mass is 10.0. The minimum absolute atomic E-state index is 0.517. The molecule has 0 amide bonds. The van der Waals surface area contributed by atoms with E-state index in [-0.39, 0.29) is 0 Å². The van der Waals surface area contributed by atoms with Gasteiger partial charge in [0.05, 0.1) is 6.61 Å². The summed E-state index contributed by atoms with van der Waals surface area (Å²) in [6.07, 6.45) is 7.97. The van der Waals surface area contributed by atoms with Crippen LogP contribution in [-0.4, -0.2) is 18.5 Å². The topological polar surface area (TPSA) is 9.23 Å². The van der Waals surface area contributed by atoms with Crippen molar-refractivity contribution >= 4 is 15.9 Å². The number of ether oxygens (including phenoxy) is 1. The Morgan fingerprint density at radius 1 is 1.33 bits per heavy atom. The van der Waals surface area contributed by atoms with Crippen molar-refractivity contribution < 1.29 is 4.74 Å². The van der Waals surface area contributed by atoms with E-state index in [1.165, 1.54) is 38.5 Å². The third kappa shape index (κ3) is 4.86. The number of unbranched alkanes of at least 4 members (excludes halogenated alkanes) is 1. The molecule has 1 aliphatic rings. The largest absolute Gasteiger partial charge is 0.381 e. The van der Waals surface area contributed by atoms with Crippen LogP contribution in [0.15, 0.2) is 0 Å². The number of hydrogen-bond donors (Lipinski definition) is 0. The molecule has 0 aromatic carbocycles. The average molecular weight is 277 g/mol. The van der Waals surface area contributed by atoms with Crippen LogP contribution in [0.2, 0.25) is 0 Å². The molecule has 0 heterocycles. The predicted octanol–water partition coefficient (Wildman–Crippen LogP) is 4.39. The maximum absolute atomic E-state index is 5.87. The molecule has 0 bridgehead atoms. The second-order valence-electron chi connectivity index (χ2n) is 5.07. The van der Waals surface area contributed by atoms with Crippen molar-refractivity contribution in [3.05, 3.63) is 0 Å². The molecule has 1 unspecified atom stereocenters. The minimum atomic E-state index is 0.517. The molecule has 1 saturated carbocycles. The molecule has 1 fully saturated rings. The average Bonchev–Trinajstić information content (AvgIpc) is 3.04. The summed E-state index contributed by atoms with van der Waals surface area (Å²) in [6, 6.07) is 0. The van der Waals surface area contributed by atoms with E-state index in [2.05, 4.69) is 29.8 Å². The van der Waals surface area contributed by atoms with E-state index in [1.807, 2.05) is 0 Å². The van der Waals surface area contributed by atoms with Crippen LogP contribution in [0.5, 0.6) is 0 Å². The summed E-state index contributed by atoms with van der Waals surface area (Å²) in [5.74, 6) is 0.788. The van der Waals surface area contributed by atoms with Gasteiger partial charge in [-0.25, -0.2) is 0 Å². The van der Waals surface area contributed by atoms with Gasteiger partial charge >= 0.3 is 0 Å². The Bertz CT molecular complexity index is 166. The highest BCUT2D eigenvalue weighted by atomic mass is 79.9. The SMILES string of the molecule is CCCCC(CC)COCC1(CBr)CC1. The molecule has 90 valence electrons. The third-order valence-corrected chi connectivity index (χ3v) is 4.74. The monoisotopic (exact) mass is 276 g/mol. The van der Waals surface area contributed by atoms with Crippen LogP contribution < -0.4 is 0 Å². The Morgan fingerprint density at radius 2 is 2.07 bits per heavy atom. The first-order valence-electron chi connectivity index (χ1n) is 6.40. The van der Waals surface area contributed by atoms with Crippen LogP contribution in [0.3, 0.4) is 0 Å². The minimum Gasteiger partial charge on any atom is -0.381 e. The first kappa shape index (κ1) is 13.5. The van der Waals surface area contributed by atoms with Gasteiger partial charge in [0, 0.05) is 17.4 Å². The van der Waals surface area contributed by atoms with Gasteiger partial charge < -0.3 is 4.74 Å². The second kappa shape index (κ2) is 6.90. The number of halogens is 1. The van der Waals surface area contributed by atoms with Crippen LogP contribution in [0.1, 0.15) is 52.4 Å². The summed E-state index contributed by atoms with van der Waals surface area (Å²) in [4.78, 5) is 0. The van der Waals surface area contributed by atoms with Crippen LogP contribution in [0.4, 0.5) is 0 Å². The zero-order valence-electron chi connectivity index (χ0n) is 10.2. The molecule has 0 spiro atoms. The maximum atomic E-state index is 5.87. The quantitative estimate of drug-likeness (QED) is 0.568. The number of hydrogen-bond acceptors (Lipinski definition) is 1. The van der Waals surface area contributed by atoms with Gasteiger partial charge in [0.2, 0.25) is 0 Å². The predicted molar refractivity (Wildman–Crippen MR) is 69.6 cm³/mol. The Kier molecular flexibility index (Phi) is 6.21. The van der Waals surface area contributed by atoms with Crippen LogP contribution in [0, 0.1) is 11.3 Å². The molecule has 0 aromatic rings. The van der Waals surface area contributed by atoms with Crippen molar-refractivity contribution in [2.24, 2.45) is 11.3 Å². The van der Waals surface area contributed by atoms with Crippen molar-refractivity contribution in [2.45, 2.75) is 52.4 Å². The fourth-order valence-electron chi connectivity index (χ4n) is 1.83. The highest BCUT2D eigenvalue weighted by molar-refractivity contribution is 9.09. The van der Waals surface area contributed by atoms with Crippen molar-refractivity contribution in [2.75, 3.05) is 18.5 Å². The summed E-state index contributed by atoms with van der Waals surface area (Å²) in [6.45, 7) is 6.49. The van der Waals surface area contributed by atoms with Gasteiger partial charge in [0.1, 0.15) is 0 Å². The third-order valence-electron chi connectivity index (χ3n) is 3.55. The molecule has 0 radical (unpaired) electrons. The first-order valence-corrected chi connectivity index (χ1v) is 7.52. The molecule has 0 aliphatic heterocycles. The molecular formula is C13H25BrO. The highest BCUT2D eigenvalue weighted by Gasteiger charge is 2.41. The van der Waals surface area contributed by atoms with Gasteiger partial charge in [0.25, 0.3) is 0 Å².